The van der Waals surface area contributed by atoms with E-state index in [9.17, 15) is 0 Å². The lowest BCUT2D eigenvalue weighted by Crippen LogP contribution is -2.45. The summed E-state index contributed by atoms with van der Waals surface area (Å²) in [6.45, 7) is 7.70. The van der Waals surface area contributed by atoms with E-state index in [1.165, 1.54) is 51.6 Å². The van der Waals surface area contributed by atoms with Crippen molar-refractivity contribution in [2.45, 2.75) is 45.4 Å². The molecule has 0 aromatic rings. The van der Waals surface area contributed by atoms with E-state index in [1.807, 2.05) is 0 Å². The van der Waals surface area contributed by atoms with Gasteiger partial charge in [-0.3, -0.25) is 0 Å². The summed E-state index contributed by atoms with van der Waals surface area (Å²) >= 11 is 0. The summed E-state index contributed by atoms with van der Waals surface area (Å²) in [6, 6.07) is 0. The monoisotopic (exact) mass is 256 g/mol. The molecule has 1 saturated carbocycles. The topological polar surface area (TPSA) is 24.5 Å². The first kappa shape index (κ1) is 15.9. The molecule has 0 saturated heterocycles. The maximum atomic E-state index is 5.18. The minimum Gasteiger partial charge on any atom is -0.383 e. The van der Waals surface area contributed by atoms with Gasteiger partial charge in [0, 0.05) is 26.7 Å². The number of nitrogens with zero attached hydrogens (tertiary/aromatic N) is 1. The normalized spacial score (nSPS) is 19.3. The van der Waals surface area contributed by atoms with Crippen molar-refractivity contribution in [3.05, 3.63) is 0 Å². The molecule has 1 fully saturated rings. The first-order chi connectivity index (χ1) is 8.72. The number of hydrogen-bond acceptors (Lipinski definition) is 3. The van der Waals surface area contributed by atoms with Crippen molar-refractivity contribution in [3.8, 4) is 0 Å². The van der Waals surface area contributed by atoms with E-state index in [1.54, 1.807) is 7.11 Å². The van der Waals surface area contributed by atoms with Crippen LogP contribution in [0.2, 0.25) is 0 Å². The van der Waals surface area contributed by atoms with Gasteiger partial charge < -0.3 is 15.0 Å². The predicted molar refractivity (Wildman–Crippen MR) is 78.1 cm³/mol. The van der Waals surface area contributed by atoms with Crippen molar-refractivity contribution >= 4 is 0 Å². The Morgan fingerprint density at radius 3 is 2.56 bits per heavy atom. The molecule has 3 heteroatoms. The predicted octanol–water partition coefficient (Wildman–Crippen LogP) is 2.51. The zero-order chi connectivity index (χ0) is 13.3. The Bertz CT molecular complexity index is 203. The molecule has 0 heterocycles. The van der Waals surface area contributed by atoms with Crippen LogP contribution in [0.3, 0.4) is 0 Å². The van der Waals surface area contributed by atoms with Gasteiger partial charge in [-0.1, -0.05) is 26.2 Å². The van der Waals surface area contributed by atoms with Crippen LogP contribution in [-0.4, -0.2) is 51.8 Å². The lowest BCUT2D eigenvalue weighted by Gasteiger charge is -2.40. The van der Waals surface area contributed by atoms with Gasteiger partial charge >= 0.3 is 0 Å². The number of methoxy groups -OCH3 is 1. The van der Waals surface area contributed by atoms with Crippen molar-refractivity contribution in [3.63, 3.8) is 0 Å². The first-order valence-corrected chi connectivity index (χ1v) is 7.61. The van der Waals surface area contributed by atoms with Crippen molar-refractivity contribution in [1.29, 1.82) is 0 Å². The summed E-state index contributed by atoms with van der Waals surface area (Å²) in [7, 11) is 4.02. The van der Waals surface area contributed by atoms with Gasteiger partial charge in [-0.25, -0.2) is 0 Å². The zero-order valence-corrected chi connectivity index (χ0v) is 12.6. The summed E-state index contributed by atoms with van der Waals surface area (Å²) in [6.07, 6.45) is 8.26. The second-order valence-corrected chi connectivity index (χ2v) is 5.97. The smallest absolute Gasteiger partial charge is 0.0589 e. The highest BCUT2D eigenvalue weighted by atomic mass is 16.5. The molecular formula is C15H32N2O. The largest absolute Gasteiger partial charge is 0.383 e. The van der Waals surface area contributed by atoms with Gasteiger partial charge in [0.25, 0.3) is 0 Å². The fourth-order valence-corrected chi connectivity index (χ4v) is 3.12. The zero-order valence-electron chi connectivity index (χ0n) is 12.6. The van der Waals surface area contributed by atoms with Gasteiger partial charge in [-0.05, 0) is 38.3 Å². The molecule has 0 amide bonds. The molecule has 1 N–H and O–H groups in total. The van der Waals surface area contributed by atoms with Crippen LogP contribution in [0, 0.1) is 5.41 Å². The highest BCUT2D eigenvalue weighted by molar-refractivity contribution is 4.87. The van der Waals surface area contributed by atoms with Gasteiger partial charge in [0.15, 0.2) is 0 Å². The number of rotatable bonds is 9. The summed E-state index contributed by atoms with van der Waals surface area (Å²) < 4.78 is 5.18. The van der Waals surface area contributed by atoms with Crippen LogP contribution >= 0.6 is 0 Å². The maximum Gasteiger partial charge on any atom is 0.0589 e. The van der Waals surface area contributed by atoms with Crippen molar-refractivity contribution in [1.82, 2.24) is 10.2 Å². The Labute approximate surface area is 113 Å². The average Bonchev–Trinajstić information content (AvgIpc) is 2.38. The van der Waals surface area contributed by atoms with Crippen LogP contribution in [0.1, 0.15) is 45.4 Å². The fourth-order valence-electron chi connectivity index (χ4n) is 3.12. The summed E-state index contributed by atoms with van der Waals surface area (Å²) in [5, 5.41) is 3.65. The molecule has 1 aliphatic carbocycles. The number of likely N-dealkylation sites (N-methyl/N-ethyl adjacent to an activating group) is 1. The van der Waals surface area contributed by atoms with E-state index >= 15 is 0 Å². The lowest BCUT2D eigenvalue weighted by atomic mass is 9.73. The van der Waals surface area contributed by atoms with Crippen LogP contribution in [-0.2, 0) is 4.74 Å². The summed E-state index contributed by atoms with van der Waals surface area (Å²) in [5.41, 5.74) is 0.510. The van der Waals surface area contributed by atoms with Crippen LogP contribution < -0.4 is 5.32 Å². The lowest BCUT2D eigenvalue weighted by molar-refractivity contribution is 0.0941. The number of nitrogens with one attached hydrogen (secondary N) is 1. The molecule has 0 unspecified atom stereocenters. The van der Waals surface area contributed by atoms with Crippen molar-refractivity contribution in [2.75, 3.05) is 46.9 Å². The summed E-state index contributed by atoms with van der Waals surface area (Å²) in [4.78, 5) is 2.45. The molecule has 1 aliphatic rings. The average molecular weight is 256 g/mol. The Morgan fingerprint density at radius 1 is 1.22 bits per heavy atom. The van der Waals surface area contributed by atoms with E-state index in [4.69, 9.17) is 4.74 Å². The van der Waals surface area contributed by atoms with E-state index in [2.05, 4.69) is 24.2 Å². The molecular weight excluding hydrogens is 224 g/mol. The Hall–Kier alpha value is -0.120. The van der Waals surface area contributed by atoms with Crippen LogP contribution in [0.4, 0.5) is 0 Å². The third-order valence-corrected chi connectivity index (χ3v) is 4.12. The highest BCUT2D eigenvalue weighted by Crippen LogP contribution is 2.36. The van der Waals surface area contributed by atoms with Gasteiger partial charge in [0.1, 0.15) is 0 Å². The Balaban J connectivity index is 2.42. The summed E-state index contributed by atoms with van der Waals surface area (Å²) in [5.74, 6) is 0. The van der Waals surface area contributed by atoms with Gasteiger partial charge in [0.05, 0.1) is 6.61 Å². The van der Waals surface area contributed by atoms with E-state index in [-0.39, 0.29) is 0 Å². The molecule has 1 rings (SSSR count). The van der Waals surface area contributed by atoms with E-state index in [0.717, 1.165) is 19.7 Å². The second kappa shape index (κ2) is 8.89. The number of hydrogen-bond donors (Lipinski definition) is 1. The van der Waals surface area contributed by atoms with Gasteiger partial charge in [-0.2, -0.15) is 0 Å². The molecule has 18 heavy (non-hydrogen) atoms. The quantitative estimate of drug-likeness (QED) is 0.642. The van der Waals surface area contributed by atoms with Gasteiger partial charge in [-0.15, -0.1) is 0 Å². The molecule has 3 nitrogen and oxygen atoms in total. The molecule has 0 aromatic heterocycles. The molecule has 0 atom stereocenters. The van der Waals surface area contributed by atoms with Gasteiger partial charge in [0.2, 0.25) is 0 Å². The molecule has 0 radical (unpaired) electrons. The van der Waals surface area contributed by atoms with Crippen molar-refractivity contribution in [2.24, 2.45) is 5.41 Å². The number of ether oxygens (including phenoxy) is 1. The molecule has 0 aromatic carbocycles. The minimum absolute atomic E-state index is 0.510. The molecule has 108 valence electrons. The van der Waals surface area contributed by atoms with Crippen LogP contribution in [0.15, 0.2) is 0 Å². The third kappa shape index (κ3) is 5.68. The maximum absolute atomic E-state index is 5.18. The Morgan fingerprint density at radius 2 is 1.94 bits per heavy atom. The first-order valence-electron chi connectivity index (χ1n) is 7.61. The van der Waals surface area contributed by atoms with E-state index < -0.39 is 0 Å². The molecule has 0 aliphatic heterocycles. The van der Waals surface area contributed by atoms with Crippen molar-refractivity contribution < 1.29 is 4.74 Å². The fraction of sp³-hybridized carbons (Fsp3) is 1.00. The third-order valence-electron chi connectivity index (χ3n) is 4.12. The SMILES string of the molecule is CCCNCC1(CN(C)CCOC)CCCCC1. The highest BCUT2D eigenvalue weighted by Gasteiger charge is 2.32. The Kier molecular flexibility index (Phi) is 7.87. The standard InChI is InChI=1S/C15H32N2O/c1-4-10-16-13-15(8-6-5-7-9-15)14-17(2)11-12-18-3/h16H,4-14H2,1-3H3. The molecule has 0 spiro atoms. The minimum atomic E-state index is 0.510. The van der Waals surface area contributed by atoms with Crippen LogP contribution in [0.25, 0.3) is 0 Å². The van der Waals surface area contributed by atoms with E-state index in [0.29, 0.717) is 5.41 Å². The van der Waals surface area contributed by atoms with Crippen LogP contribution in [0.5, 0.6) is 0 Å². The second-order valence-electron chi connectivity index (χ2n) is 5.97. The molecule has 0 bridgehead atoms.